The molecule has 2 rings (SSSR count). The summed E-state index contributed by atoms with van der Waals surface area (Å²) in [6, 6.07) is 8.99. The molecule has 0 saturated carbocycles. The fourth-order valence-electron chi connectivity index (χ4n) is 2.88. The van der Waals surface area contributed by atoms with Crippen LogP contribution in [0.2, 0.25) is 0 Å². The van der Waals surface area contributed by atoms with Gasteiger partial charge in [-0.05, 0) is 37.1 Å². The van der Waals surface area contributed by atoms with Gasteiger partial charge in [-0.1, -0.05) is 12.1 Å². The SMILES string of the molecule is CCN1NC(=O)C(C#N)(c2ccc(N(C)C)cc2)C(C)=C1C(=O)O. The third-order valence-corrected chi connectivity index (χ3v) is 4.27. The van der Waals surface area contributed by atoms with Crippen molar-refractivity contribution >= 4 is 17.6 Å². The highest BCUT2D eigenvalue weighted by Gasteiger charge is 2.49. The van der Waals surface area contributed by atoms with Crippen LogP contribution in [0.15, 0.2) is 35.5 Å². The Kier molecular flexibility index (Phi) is 4.51. The van der Waals surface area contributed by atoms with Gasteiger partial charge in [0, 0.05) is 26.3 Å². The number of carboxylic acid groups (broad SMARTS) is 1. The third-order valence-electron chi connectivity index (χ3n) is 4.27. The maximum absolute atomic E-state index is 12.7. The fraction of sp³-hybridized carbons (Fsp3) is 0.353. The molecule has 7 nitrogen and oxygen atoms in total. The molecule has 126 valence electrons. The number of hydrogen-bond acceptors (Lipinski definition) is 5. The Labute approximate surface area is 140 Å². The number of anilines is 1. The molecule has 1 unspecified atom stereocenters. The number of carboxylic acids is 1. The van der Waals surface area contributed by atoms with Crippen LogP contribution >= 0.6 is 0 Å². The molecule has 1 aliphatic rings. The molecular weight excluding hydrogens is 308 g/mol. The molecule has 1 heterocycles. The summed E-state index contributed by atoms with van der Waals surface area (Å²) in [4.78, 5) is 26.3. The number of carbonyl (C=O) groups is 2. The minimum absolute atomic E-state index is 0.0738. The maximum Gasteiger partial charge on any atom is 0.354 e. The summed E-state index contributed by atoms with van der Waals surface area (Å²) in [6.07, 6.45) is 0. The van der Waals surface area contributed by atoms with Crippen LogP contribution in [0, 0.1) is 11.3 Å². The van der Waals surface area contributed by atoms with Crippen molar-refractivity contribution in [2.45, 2.75) is 19.3 Å². The monoisotopic (exact) mass is 328 g/mol. The largest absolute Gasteiger partial charge is 0.477 e. The average molecular weight is 328 g/mol. The number of aliphatic carboxylic acids is 1. The van der Waals surface area contributed by atoms with Crippen LogP contribution in [0.25, 0.3) is 0 Å². The Morgan fingerprint density at radius 2 is 1.96 bits per heavy atom. The minimum Gasteiger partial charge on any atom is -0.477 e. The van der Waals surface area contributed by atoms with E-state index in [2.05, 4.69) is 5.43 Å². The van der Waals surface area contributed by atoms with Crippen molar-refractivity contribution in [3.8, 4) is 6.07 Å². The third kappa shape index (κ3) is 2.46. The maximum atomic E-state index is 12.7. The molecule has 24 heavy (non-hydrogen) atoms. The number of hydrazine groups is 1. The summed E-state index contributed by atoms with van der Waals surface area (Å²) < 4.78 is 0. The number of nitrogens with one attached hydrogen (secondary N) is 1. The van der Waals surface area contributed by atoms with Crippen molar-refractivity contribution in [3.05, 3.63) is 41.1 Å². The second kappa shape index (κ2) is 6.24. The summed E-state index contributed by atoms with van der Waals surface area (Å²) >= 11 is 0. The van der Waals surface area contributed by atoms with Crippen molar-refractivity contribution in [1.29, 1.82) is 5.26 Å². The first kappa shape index (κ1) is 17.3. The van der Waals surface area contributed by atoms with E-state index < -0.39 is 17.3 Å². The van der Waals surface area contributed by atoms with Crippen LogP contribution in [0.3, 0.4) is 0 Å². The van der Waals surface area contributed by atoms with Gasteiger partial charge in [0.1, 0.15) is 5.70 Å². The van der Waals surface area contributed by atoms with E-state index in [1.807, 2.05) is 25.1 Å². The molecule has 1 aliphatic heterocycles. The van der Waals surface area contributed by atoms with Crippen molar-refractivity contribution in [1.82, 2.24) is 10.4 Å². The number of hydrogen-bond donors (Lipinski definition) is 2. The van der Waals surface area contributed by atoms with E-state index in [0.717, 1.165) is 5.69 Å². The molecule has 0 aromatic heterocycles. The molecule has 0 spiro atoms. The van der Waals surface area contributed by atoms with Crippen LogP contribution in [0.1, 0.15) is 19.4 Å². The second-order valence-corrected chi connectivity index (χ2v) is 5.77. The summed E-state index contributed by atoms with van der Waals surface area (Å²) in [5.41, 5.74) is 2.36. The summed E-state index contributed by atoms with van der Waals surface area (Å²) in [5.74, 6) is -1.73. The predicted octanol–water partition coefficient (Wildman–Crippen LogP) is 1.24. The summed E-state index contributed by atoms with van der Waals surface area (Å²) in [7, 11) is 3.77. The first-order valence-corrected chi connectivity index (χ1v) is 7.52. The Hall–Kier alpha value is -3.01. The molecule has 0 saturated heterocycles. The smallest absolute Gasteiger partial charge is 0.354 e. The highest BCUT2D eigenvalue weighted by atomic mass is 16.4. The molecular formula is C17H20N4O3. The molecule has 2 N–H and O–H groups in total. The molecule has 1 atom stereocenters. The van der Waals surface area contributed by atoms with E-state index in [4.69, 9.17) is 0 Å². The molecule has 1 aromatic carbocycles. The van der Waals surface area contributed by atoms with Crippen LogP contribution in [0.4, 0.5) is 5.69 Å². The highest BCUT2D eigenvalue weighted by Crippen LogP contribution is 2.38. The number of rotatable bonds is 4. The van der Waals surface area contributed by atoms with E-state index >= 15 is 0 Å². The number of benzene rings is 1. The minimum atomic E-state index is -1.66. The van der Waals surface area contributed by atoms with Crippen molar-refractivity contribution < 1.29 is 14.7 Å². The number of carbonyl (C=O) groups excluding carboxylic acids is 1. The lowest BCUT2D eigenvalue weighted by molar-refractivity contribution is -0.137. The van der Waals surface area contributed by atoms with Crippen LogP contribution in [0.5, 0.6) is 0 Å². The van der Waals surface area contributed by atoms with E-state index in [1.54, 1.807) is 31.2 Å². The lowest BCUT2D eigenvalue weighted by Gasteiger charge is -2.38. The zero-order valence-corrected chi connectivity index (χ0v) is 14.1. The molecule has 0 radical (unpaired) electrons. The molecule has 7 heteroatoms. The Morgan fingerprint density at radius 3 is 2.38 bits per heavy atom. The molecule has 0 fully saturated rings. The van der Waals surface area contributed by atoms with Crippen molar-refractivity contribution in [3.63, 3.8) is 0 Å². The zero-order valence-electron chi connectivity index (χ0n) is 14.1. The van der Waals surface area contributed by atoms with Gasteiger partial charge in [0.2, 0.25) is 0 Å². The van der Waals surface area contributed by atoms with E-state index in [-0.39, 0.29) is 17.8 Å². The lowest BCUT2D eigenvalue weighted by atomic mass is 9.73. The van der Waals surface area contributed by atoms with Gasteiger partial charge in [0.15, 0.2) is 5.41 Å². The molecule has 1 amide bonds. The average Bonchev–Trinajstić information content (AvgIpc) is 2.55. The van der Waals surface area contributed by atoms with Gasteiger partial charge in [-0.3, -0.25) is 15.2 Å². The topological polar surface area (TPSA) is 96.7 Å². The van der Waals surface area contributed by atoms with Gasteiger partial charge >= 0.3 is 5.97 Å². The van der Waals surface area contributed by atoms with Crippen molar-refractivity contribution in [2.24, 2.45) is 0 Å². The van der Waals surface area contributed by atoms with E-state index in [1.165, 1.54) is 11.9 Å². The molecule has 0 bridgehead atoms. The molecule has 0 aliphatic carbocycles. The predicted molar refractivity (Wildman–Crippen MR) is 88.9 cm³/mol. The van der Waals surface area contributed by atoms with Gasteiger partial charge < -0.3 is 10.0 Å². The van der Waals surface area contributed by atoms with Gasteiger partial charge in [0.05, 0.1) is 6.07 Å². The Balaban J connectivity index is 2.70. The second-order valence-electron chi connectivity index (χ2n) is 5.77. The summed E-state index contributed by atoms with van der Waals surface area (Å²) in [5, 5.41) is 20.6. The lowest BCUT2D eigenvalue weighted by Crippen LogP contribution is -2.57. The Bertz CT molecular complexity index is 746. The van der Waals surface area contributed by atoms with Crippen molar-refractivity contribution in [2.75, 3.05) is 25.5 Å². The van der Waals surface area contributed by atoms with Crippen LogP contribution < -0.4 is 10.3 Å². The number of likely N-dealkylation sites (N-methyl/N-ethyl adjacent to an activating group) is 1. The van der Waals surface area contributed by atoms with Gasteiger partial charge in [-0.2, -0.15) is 5.26 Å². The van der Waals surface area contributed by atoms with Crippen LogP contribution in [-0.2, 0) is 15.0 Å². The van der Waals surface area contributed by atoms with E-state index in [9.17, 15) is 20.0 Å². The number of amides is 1. The standard InChI is InChI=1S/C17H20N4O3/c1-5-21-14(15(22)23)11(2)17(10-18,16(24)19-21)12-6-8-13(9-7-12)20(3)4/h6-9H,5H2,1-4H3,(H,19,24)(H,22,23). The fourth-order valence-corrected chi connectivity index (χ4v) is 2.88. The first-order chi connectivity index (χ1) is 11.3. The quantitative estimate of drug-likeness (QED) is 0.863. The highest BCUT2D eigenvalue weighted by molar-refractivity contribution is 6.00. The van der Waals surface area contributed by atoms with Gasteiger partial charge in [0.25, 0.3) is 5.91 Å². The Morgan fingerprint density at radius 1 is 1.38 bits per heavy atom. The van der Waals surface area contributed by atoms with Crippen LogP contribution in [-0.4, -0.2) is 42.6 Å². The first-order valence-electron chi connectivity index (χ1n) is 7.52. The van der Waals surface area contributed by atoms with Gasteiger partial charge in [-0.15, -0.1) is 0 Å². The van der Waals surface area contributed by atoms with Gasteiger partial charge in [-0.25, -0.2) is 4.79 Å². The van der Waals surface area contributed by atoms with E-state index in [0.29, 0.717) is 5.56 Å². The normalized spacial score (nSPS) is 20.5. The summed E-state index contributed by atoms with van der Waals surface area (Å²) in [6.45, 7) is 3.53. The number of nitrogens with zero attached hydrogens (tertiary/aromatic N) is 3. The molecule has 1 aromatic rings. The zero-order chi connectivity index (χ0) is 18.1. The number of nitriles is 1.